The lowest BCUT2D eigenvalue weighted by Gasteiger charge is -2.62. The number of nitrogens with zero attached hydrogens (tertiary/aromatic N) is 2. The molecule has 0 aromatic heterocycles. The van der Waals surface area contributed by atoms with Crippen molar-refractivity contribution in [2.45, 2.75) is 75.1 Å². The van der Waals surface area contributed by atoms with Crippen LogP contribution in [0.25, 0.3) is 0 Å². The minimum Gasteiger partial charge on any atom is -0.458 e. The van der Waals surface area contributed by atoms with E-state index < -0.39 is 17.7 Å². The summed E-state index contributed by atoms with van der Waals surface area (Å²) in [4.78, 5) is 28.3. The lowest BCUT2D eigenvalue weighted by atomic mass is 9.46. The van der Waals surface area contributed by atoms with E-state index in [1.807, 2.05) is 13.3 Å². The van der Waals surface area contributed by atoms with Gasteiger partial charge >= 0.3 is 5.97 Å². The summed E-state index contributed by atoms with van der Waals surface area (Å²) in [6.07, 6.45) is 11.0. The smallest absolute Gasteiger partial charge is 0.323 e. The first-order valence-corrected chi connectivity index (χ1v) is 13.3. The number of nitriles is 1. The van der Waals surface area contributed by atoms with E-state index in [1.54, 1.807) is 16.7 Å². The Morgan fingerprint density at radius 2 is 2.06 bits per heavy atom. The van der Waals surface area contributed by atoms with Crippen LogP contribution in [0.5, 0.6) is 0 Å². The highest BCUT2D eigenvalue weighted by molar-refractivity contribution is 7.98. The number of fused-ring (bicyclic) bond motifs is 1. The quantitative estimate of drug-likeness (QED) is 0.537. The van der Waals surface area contributed by atoms with Crippen LogP contribution in [-0.2, 0) is 14.3 Å². The zero-order chi connectivity index (χ0) is 22.7. The second kappa shape index (κ2) is 8.03. The van der Waals surface area contributed by atoms with E-state index in [0.717, 1.165) is 50.0 Å². The Bertz CT molecular complexity index is 869. The highest BCUT2D eigenvalue weighted by Gasteiger charge is 2.63. The Labute approximate surface area is 194 Å². The number of thioether (sulfide) groups is 1. The van der Waals surface area contributed by atoms with E-state index in [1.165, 1.54) is 0 Å². The van der Waals surface area contributed by atoms with Gasteiger partial charge in [-0.15, -0.1) is 0 Å². The average molecular weight is 459 g/mol. The Hall–Kier alpha value is -1.56. The monoisotopic (exact) mass is 458 g/mol. The molecule has 0 spiro atoms. The van der Waals surface area contributed by atoms with Gasteiger partial charge in [0.2, 0.25) is 5.91 Å². The van der Waals surface area contributed by atoms with Gasteiger partial charge < -0.3 is 15.8 Å². The maximum Gasteiger partial charge on any atom is 0.323 e. The molecule has 6 unspecified atom stereocenters. The molecule has 0 aromatic rings. The first-order chi connectivity index (χ1) is 15.3. The Kier molecular flexibility index (Phi) is 5.58. The summed E-state index contributed by atoms with van der Waals surface area (Å²) in [7, 11) is 1.81. The molecule has 4 saturated carbocycles. The Morgan fingerprint density at radius 3 is 2.69 bits per heavy atom. The van der Waals surface area contributed by atoms with Gasteiger partial charge in [0.15, 0.2) is 0 Å². The van der Waals surface area contributed by atoms with Gasteiger partial charge in [0.1, 0.15) is 17.7 Å². The van der Waals surface area contributed by atoms with Crippen LogP contribution in [0.15, 0.2) is 11.8 Å². The fourth-order valence-corrected chi connectivity index (χ4v) is 8.04. The van der Waals surface area contributed by atoms with Crippen LogP contribution in [0.4, 0.5) is 0 Å². The van der Waals surface area contributed by atoms with Crippen LogP contribution in [0, 0.1) is 34.5 Å². The third kappa shape index (κ3) is 3.57. The molecular formula is C24H34N4O3S. The molecule has 5 aliphatic carbocycles. The number of hydrogen-bond donors (Lipinski definition) is 2. The molecule has 0 aromatic carbocycles. The molecule has 7 nitrogen and oxygen atoms in total. The number of nitrogens with one attached hydrogen (secondary N) is 1. The van der Waals surface area contributed by atoms with E-state index in [9.17, 15) is 14.9 Å². The summed E-state index contributed by atoms with van der Waals surface area (Å²) >= 11 is 1.72. The van der Waals surface area contributed by atoms with Gasteiger partial charge in [-0.1, -0.05) is 6.08 Å². The van der Waals surface area contributed by atoms with Crippen molar-refractivity contribution in [3.8, 4) is 6.07 Å². The first-order valence-electron chi connectivity index (χ1n) is 11.9. The van der Waals surface area contributed by atoms with Crippen molar-refractivity contribution in [1.82, 2.24) is 10.2 Å². The molecule has 4 bridgehead atoms. The second-order valence-electron chi connectivity index (χ2n) is 10.8. The van der Waals surface area contributed by atoms with Crippen LogP contribution < -0.4 is 11.1 Å². The Balaban J connectivity index is 1.35. The number of amides is 1. The fourth-order valence-electron chi connectivity index (χ4n) is 7.57. The normalized spacial score (nSPS) is 40.3. The molecule has 3 N–H and O–H groups in total. The maximum absolute atomic E-state index is 13.6. The summed E-state index contributed by atoms with van der Waals surface area (Å²) < 4.78 is 6.30. The molecule has 1 amide bonds. The highest BCUT2D eigenvalue weighted by atomic mass is 32.2. The lowest BCUT2D eigenvalue weighted by molar-refractivity contribution is -0.207. The van der Waals surface area contributed by atoms with Gasteiger partial charge in [0.05, 0.1) is 12.1 Å². The standard InChI is InChI=1S/C24H34N4O3S/c1-27-18(3-4-32-2)22(30)31-24-10-14-5-15(11-24)9-23(8-14,13-24)20(26)21(29)28-17(12-25)6-16-7-19(16)28/h7,14-18,20,27H,3-6,8-11,13,26H2,1-2H3. The third-order valence-corrected chi connectivity index (χ3v) is 9.28. The van der Waals surface area contributed by atoms with Gasteiger partial charge in [-0.25, -0.2) is 0 Å². The molecular weight excluding hydrogens is 424 g/mol. The SMILES string of the molecule is CNC(CCSC)C(=O)OC12CC3CC(C1)CC(C(N)C(=O)N1C4=CC4CC1C#N)(C3)C2. The van der Waals surface area contributed by atoms with Crippen LogP contribution >= 0.6 is 11.8 Å². The number of likely N-dealkylation sites (tertiary alicyclic amines) is 1. The number of carbonyl (C=O) groups excluding carboxylic acids is 2. The van der Waals surface area contributed by atoms with Gasteiger partial charge in [-0.05, 0) is 87.7 Å². The summed E-state index contributed by atoms with van der Waals surface area (Å²) in [6.45, 7) is 0. The number of likely N-dealkylation sites (N-methyl/N-ethyl adjacent to an activating group) is 1. The molecule has 6 atom stereocenters. The molecule has 0 radical (unpaired) electrons. The number of allylic oxidation sites excluding steroid dienone is 2. The van der Waals surface area contributed by atoms with Gasteiger partial charge in [-0.3, -0.25) is 14.5 Å². The molecule has 8 heteroatoms. The maximum atomic E-state index is 13.6. The zero-order valence-electron chi connectivity index (χ0n) is 19.0. The molecule has 1 heterocycles. The third-order valence-electron chi connectivity index (χ3n) is 8.64. The molecule has 1 saturated heterocycles. The summed E-state index contributed by atoms with van der Waals surface area (Å²) in [5, 5.41) is 12.7. The molecule has 174 valence electrons. The van der Waals surface area contributed by atoms with Crippen LogP contribution in [0.1, 0.15) is 51.4 Å². The first kappa shape index (κ1) is 22.2. The summed E-state index contributed by atoms with van der Waals surface area (Å²) in [5.41, 5.74) is 6.88. The minimum absolute atomic E-state index is 0.112. The predicted octanol–water partition coefficient (Wildman–Crippen LogP) is 2.18. The topological polar surface area (TPSA) is 108 Å². The van der Waals surface area contributed by atoms with Gasteiger partial charge in [0.25, 0.3) is 0 Å². The van der Waals surface area contributed by atoms with Crippen LogP contribution in [0.3, 0.4) is 0 Å². The molecule has 32 heavy (non-hydrogen) atoms. The average Bonchev–Trinajstić information content (AvgIpc) is 3.41. The van der Waals surface area contributed by atoms with Crippen molar-refractivity contribution in [3.63, 3.8) is 0 Å². The predicted molar refractivity (Wildman–Crippen MR) is 122 cm³/mol. The number of hydrogen-bond acceptors (Lipinski definition) is 7. The number of nitrogens with two attached hydrogens (primary N) is 1. The van der Waals surface area contributed by atoms with Crippen LogP contribution in [-0.4, -0.2) is 59.6 Å². The van der Waals surface area contributed by atoms with E-state index >= 15 is 0 Å². The highest BCUT2D eigenvalue weighted by Crippen LogP contribution is 2.64. The molecule has 6 aliphatic rings. The van der Waals surface area contributed by atoms with Crippen molar-refractivity contribution >= 4 is 23.6 Å². The van der Waals surface area contributed by atoms with Crippen molar-refractivity contribution < 1.29 is 14.3 Å². The van der Waals surface area contributed by atoms with Gasteiger partial charge in [-0.2, -0.15) is 17.0 Å². The summed E-state index contributed by atoms with van der Waals surface area (Å²) in [5.74, 6) is 1.78. The van der Waals surface area contributed by atoms with Crippen LogP contribution in [0.2, 0.25) is 0 Å². The molecule has 1 aliphatic heterocycles. The largest absolute Gasteiger partial charge is 0.458 e. The zero-order valence-corrected chi connectivity index (χ0v) is 19.8. The number of ether oxygens (including phenoxy) is 1. The van der Waals surface area contributed by atoms with Crippen molar-refractivity contribution in [2.24, 2.45) is 28.9 Å². The van der Waals surface area contributed by atoms with Crippen molar-refractivity contribution in [3.05, 3.63) is 11.8 Å². The number of rotatable bonds is 8. The van der Waals surface area contributed by atoms with Crippen molar-refractivity contribution in [1.29, 1.82) is 5.26 Å². The number of carbonyl (C=O) groups is 2. The van der Waals surface area contributed by atoms with E-state index in [4.69, 9.17) is 10.5 Å². The fraction of sp³-hybridized carbons (Fsp3) is 0.792. The molecule has 6 rings (SSSR count). The minimum atomic E-state index is -0.654. The second-order valence-corrected chi connectivity index (χ2v) is 11.8. The van der Waals surface area contributed by atoms with E-state index in [-0.39, 0.29) is 29.3 Å². The van der Waals surface area contributed by atoms with Gasteiger partial charge in [0, 0.05) is 11.6 Å². The lowest BCUT2D eigenvalue weighted by Crippen LogP contribution is -2.65. The Morgan fingerprint density at radius 1 is 1.34 bits per heavy atom. The van der Waals surface area contributed by atoms with Crippen molar-refractivity contribution in [2.75, 3.05) is 19.1 Å². The van der Waals surface area contributed by atoms with E-state index in [0.29, 0.717) is 24.7 Å². The van der Waals surface area contributed by atoms with E-state index in [2.05, 4.69) is 17.5 Å². The summed E-state index contributed by atoms with van der Waals surface area (Å²) in [6, 6.07) is 0.930. The molecule has 5 fully saturated rings. The number of esters is 1.